The number of aliphatic hydroxyl groups excluding tert-OH is 1. The van der Waals surface area contributed by atoms with Gasteiger partial charge in [-0.2, -0.15) is 0 Å². The van der Waals surface area contributed by atoms with Gasteiger partial charge in [0.1, 0.15) is 11.8 Å². The van der Waals surface area contributed by atoms with Crippen LogP contribution in [0, 0.1) is 0 Å². The summed E-state index contributed by atoms with van der Waals surface area (Å²) >= 11 is 0. The summed E-state index contributed by atoms with van der Waals surface area (Å²) in [6.45, 7) is 0.751. The van der Waals surface area contributed by atoms with E-state index in [0.717, 1.165) is 24.1 Å². The first kappa shape index (κ1) is 29.6. The first-order valence-corrected chi connectivity index (χ1v) is 13.7. The van der Waals surface area contributed by atoms with Crippen LogP contribution in [0.2, 0.25) is 0 Å². The summed E-state index contributed by atoms with van der Waals surface area (Å²) in [6, 6.07) is 9.54. The molecule has 2 aromatic carbocycles. The summed E-state index contributed by atoms with van der Waals surface area (Å²) in [4.78, 5) is 39.7. The van der Waals surface area contributed by atoms with E-state index in [-0.39, 0.29) is 42.7 Å². The molecule has 1 fully saturated rings. The number of nitrogens with zero attached hydrogens (tertiary/aromatic N) is 1. The van der Waals surface area contributed by atoms with Gasteiger partial charge in [-0.15, -0.1) is 0 Å². The molecular formula is C31H36N2O9. The maximum atomic E-state index is 13.1. The lowest BCUT2D eigenvalue weighted by molar-refractivity contribution is -0.154. The van der Waals surface area contributed by atoms with Gasteiger partial charge in [-0.05, 0) is 56.1 Å². The second kappa shape index (κ2) is 10.7. The van der Waals surface area contributed by atoms with E-state index < -0.39 is 53.5 Å². The van der Waals surface area contributed by atoms with Crippen LogP contribution in [0.15, 0.2) is 54.3 Å². The molecule has 4 aliphatic rings. The number of aromatic hydroxyl groups is 1. The van der Waals surface area contributed by atoms with E-state index in [1.807, 2.05) is 13.1 Å². The van der Waals surface area contributed by atoms with Crippen LogP contribution in [-0.2, 0) is 31.0 Å². The second-order valence-electron chi connectivity index (χ2n) is 11.3. The summed E-state index contributed by atoms with van der Waals surface area (Å²) < 4.78 is 12.0. The number of aliphatic hydroxyl groups is 2. The lowest BCUT2D eigenvalue weighted by Gasteiger charge is -2.56. The quantitative estimate of drug-likeness (QED) is 0.306. The van der Waals surface area contributed by atoms with E-state index in [1.54, 1.807) is 30.3 Å². The highest BCUT2D eigenvalue weighted by Crippen LogP contribution is 2.64. The molecule has 1 spiro atoms. The molecular weight excluding hydrogens is 544 g/mol. The van der Waals surface area contributed by atoms with Crippen LogP contribution in [0.4, 0.5) is 0 Å². The molecule has 2 heterocycles. The first-order valence-electron chi connectivity index (χ1n) is 13.7. The van der Waals surface area contributed by atoms with E-state index in [2.05, 4.69) is 10.2 Å². The third-order valence-electron chi connectivity index (χ3n) is 9.16. The Morgan fingerprint density at radius 2 is 1.93 bits per heavy atom. The molecule has 0 radical (unpaired) electrons. The van der Waals surface area contributed by atoms with Gasteiger partial charge in [-0.25, -0.2) is 4.79 Å². The third-order valence-corrected chi connectivity index (χ3v) is 9.16. The monoisotopic (exact) mass is 580 g/mol. The molecule has 5 N–H and O–H groups in total. The number of carbonyl (C=O) groups is 3. The summed E-state index contributed by atoms with van der Waals surface area (Å²) in [5.74, 6) is -3.04. The number of likely N-dealkylation sites (tertiary alicyclic amines) is 1. The number of esters is 1. The fraction of sp³-hybridized carbons (Fsp3) is 0.452. The van der Waals surface area contributed by atoms with Crippen molar-refractivity contribution in [3.63, 3.8) is 0 Å². The SMILES string of the molecule is C.CN1CCC[C@]23c4c5ccc(O)c4O[C@H]2C(OC(=O)C[C@H](NC(=O)[C@@H](O)c2ccccc2)C(=O)O)=CC[C@@]3(O)[C@H]1C5. The Morgan fingerprint density at radius 1 is 1.19 bits per heavy atom. The van der Waals surface area contributed by atoms with Gasteiger partial charge in [0.2, 0.25) is 0 Å². The van der Waals surface area contributed by atoms with E-state index in [0.29, 0.717) is 12.8 Å². The van der Waals surface area contributed by atoms with Crippen LogP contribution < -0.4 is 10.1 Å². The highest BCUT2D eigenvalue weighted by atomic mass is 16.6. The average Bonchev–Trinajstić information content (AvgIpc) is 3.29. The second-order valence-corrected chi connectivity index (χ2v) is 11.3. The van der Waals surface area contributed by atoms with Crippen LogP contribution in [0.1, 0.15) is 55.9 Å². The standard InChI is InChI=1S/C30H32N2O9.CH4/c1-32-13-5-11-29-23-17-8-9-19(33)25(23)41-26(29)20(10-12-30(29,39)21(32)14-17)40-22(34)15-18(28(37)38)31-27(36)24(35)16-6-3-2-4-7-16;/h2-4,6-10,18,21,24,26,33,35,39H,5,11-15H2,1H3,(H,31,36)(H,37,38);1H4/t18-,21+,24-,26-,29-,30+;/m0./s1. The first-order chi connectivity index (χ1) is 19.6. The van der Waals surface area contributed by atoms with Gasteiger partial charge in [-0.3, -0.25) is 9.59 Å². The molecule has 0 aromatic heterocycles. The number of rotatable bonds is 7. The number of aliphatic carboxylic acids is 1. The van der Waals surface area contributed by atoms with Crippen molar-refractivity contribution < 1.29 is 44.3 Å². The minimum atomic E-state index is -1.66. The van der Waals surface area contributed by atoms with Gasteiger partial charge in [0, 0.05) is 18.0 Å². The zero-order valence-corrected chi connectivity index (χ0v) is 22.4. The number of hydrogen-bond donors (Lipinski definition) is 5. The Labute approximate surface area is 243 Å². The molecule has 2 aromatic rings. The van der Waals surface area contributed by atoms with Crippen molar-refractivity contribution in [2.75, 3.05) is 13.6 Å². The van der Waals surface area contributed by atoms with Crippen molar-refractivity contribution in [3.8, 4) is 11.5 Å². The third kappa shape index (κ3) is 4.34. The van der Waals surface area contributed by atoms with Crippen molar-refractivity contribution in [1.82, 2.24) is 10.2 Å². The number of carboxylic acids is 1. The molecule has 1 amide bonds. The Morgan fingerprint density at radius 3 is 2.64 bits per heavy atom. The number of amides is 1. The lowest BCUT2D eigenvalue weighted by atomic mass is 9.52. The van der Waals surface area contributed by atoms with E-state index in [9.17, 15) is 34.8 Å². The maximum Gasteiger partial charge on any atom is 0.326 e. The molecule has 11 heteroatoms. The summed E-state index contributed by atoms with van der Waals surface area (Å²) in [6.07, 6.45) is 0.367. The number of phenolic OH excluding ortho intramolecular Hbond substituents is 1. The number of likely N-dealkylation sites (N-methyl/N-ethyl adjacent to an activating group) is 1. The lowest BCUT2D eigenvalue weighted by Crippen LogP contribution is -2.69. The number of phenols is 1. The Hall–Kier alpha value is -3.93. The largest absolute Gasteiger partial charge is 0.504 e. The summed E-state index contributed by atoms with van der Waals surface area (Å²) in [5.41, 5.74) is -0.257. The maximum absolute atomic E-state index is 13.1. The van der Waals surface area contributed by atoms with Crippen LogP contribution in [-0.4, -0.2) is 80.6 Å². The Balaban J connectivity index is 0.00000353. The van der Waals surface area contributed by atoms with Crippen LogP contribution in [0.3, 0.4) is 0 Å². The van der Waals surface area contributed by atoms with Crippen molar-refractivity contribution in [2.24, 2.45) is 0 Å². The Bertz CT molecular complexity index is 1440. The summed E-state index contributed by atoms with van der Waals surface area (Å²) in [7, 11) is 1.98. The fourth-order valence-electron chi connectivity index (χ4n) is 7.27. The molecule has 2 bridgehead atoms. The van der Waals surface area contributed by atoms with Crippen LogP contribution >= 0.6 is 0 Å². The normalized spacial score (nSPS) is 28.5. The number of benzene rings is 2. The minimum absolute atomic E-state index is 0. The van der Waals surface area contributed by atoms with Gasteiger partial charge in [0.25, 0.3) is 5.91 Å². The molecule has 2 aliphatic heterocycles. The molecule has 224 valence electrons. The van der Waals surface area contributed by atoms with Crippen LogP contribution in [0.25, 0.3) is 0 Å². The Kier molecular flexibility index (Phi) is 7.55. The molecule has 11 nitrogen and oxygen atoms in total. The van der Waals surface area contributed by atoms with Crippen molar-refractivity contribution >= 4 is 17.8 Å². The number of carboxylic acid groups (broad SMARTS) is 1. The predicted octanol–water partition coefficient (Wildman–Crippen LogP) is 1.93. The smallest absolute Gasteiger partial charge is 0.326 e. The highest BCUT2D eigenvalue weighted by molar-refractivity contribution is 5.89. The zero-order valence-electron chi connectivity index (χ0n) is 22.4. The van der Waals surface area contributed by atoms with Crippen molar-refractivity contribution in [2.45, 2.75) is 74.8 Å². The number of nitrogens with one attached hydrogen (secondary N) is 1. The molecule has 1 saturated heterocycles. The van der Waals surface area contributed by atoms with Gasteiger partial charge in [-0.1, -0.05) is 43.8 Å². The number of hydrogen-bond acceptors (Lipinski definition) is 9. The van der Waals surface area contributed by atoms with E-state index in [1.165, 1.54) is 12.1 Å². The minimum Gasteiger partial charge on any atom is -0.504 e. The van der Waals surface area contributed by atoms with E-state index >= 15 is 0 Å². The molecule has 42 heavy (non-hydrogen) atoms. The highest BCUT2D eigenvalue weighted by Gasteiger charge is 2.71. The molecule has 6 rings (SSSR count). The van der Waals surface area contributed by atoms with Crippen molar-refractivity contribution in [1.29, 1.82) is 0 Å². The molecule has 0 saturated carbocycles. The van der Waals surface area contributed by atoms with Gasteiger partial charge >= 0.3 is 11.9 Å². The van der Waals surface area contributed by atoms with Crippen molar-refractivity contribution in [3.05, 3.63) is 71.0 Å². The number of ether oxygens (including phenoxy) is 2. The van der Waals surface area contributed by atoms with Gasteiger partial charge in [0.15, 0.2) is 23.7 Å². The van der Waals surface area contributed by atoms with Gasteiger partial charge in [0.05, 0.1) is 17.4 Å². The van der Waals surface area contributed by atoms with Gasteiger partial charge < -0.3 is 40.1 Å². The topological polar surface area (TPSA) is 166 Å². The average molecular weight is 581 g/mol. The fourth-order valence-corrected chi connectivity index (χ4v) is 7.27. The molecule has 0 unspecified atom stereocenters. The number of carbonyl (C=O) groups excluding carboxylic acids is 2. The molecule has 6 atom stereocenters. The van der Waals surface area contributed by atoms with Crippen LogP contribution in [0.5, 0.6) is 11.5 Å². The summed E-state index contributed by atoms with van der Waals surface area (Å²) in [5, 5.41) is 45.3. The molecule has 2 aliphatic carbocycles. The predicted molar refractivity (Wildman–Crippen MR) is 150 cm³/mol. The zero-order chi connectivity index (χ0) is 29.1. The van der Waals surface area contributed by atoms with E-state index in [4.69, 9.17) is 9.47 Å².